The van der Waals surface area contributed by atoms with Gasteiger partial charge in [-0.3, -0.25) is 0 Å². The first-order valence-corrected chi connectivity index (χ1v) is 5.96. The second-order valence-electron chi connectivity index (χ2n) is 4.15. The molecule has 0 saturated carbocycles. The van der Waals surface area contributed by atoms with E-state index in [-0.39, 0.29) is 0 Å². The van der Waals surface area contributed by atoms with Gasteiger partial charge in [0, 0.05) is 6.42 Å². The Morgan fingerprint density at radius 2 is 2.40 bits per heavy atom. The van der Waals surface area contributed by atoms with Crippen LogP contribution in [0.25, 0.3) is 0 Å². The van der Waals surface area contributed by atoms with Gasteiger partial charge in [-0.2, -0.15) is 4.98 Å². The summed E-state index contributed by atoms with van der Waals surface area (Å²) in [6.45, 7) is 3.24. The van der Waals surface area contributed by atoms with Crippen molar-refractivity contribution < 1.29 is 4.52 Å². The lowest BCUT2D eigenvalue weighted by Crippen LogP contribution is -2.26. The lowest BCUT2D eigenvalue weighted by molar-refractivity contribution is 0.296. The van der Waals surface area contributed by atoms with E-state index in [1.165, 1.54) is 19.3 Å². The zero-order chi connectivity index (χ0) is 10.5. The average Bonchev–Trinajstić information content (AvgIpc) is 2.76. The van der Waals surface area contributed by atoms with Crippen LogP contribution in [0.4, 0.5) is 0 Å². The zero-order valence-corrected chi connectivity index (χ0v) is 9.33. The van der Waals surface area contributed by atoms with Crippen LogP contribution in [0.3, 0.4) is 0 Å². The van der Waals surface area contributed by atoms with Gasteiger partial charge in [-0.25, -0.2) is 0 Å². The first-order chi connectivity index (χ1) is 7.40. The van der Waals surface area contributed by atoms with E-state index in [0.717, 1.165) is 37.5 Å². The Hall–Kier alpha value is -0.900. The molecule has 1 aromatic heterocycles. The van der Waals surface area contributed by atoms with Crippen molar-refractivity contribution in [1.82, 2.24) is 15.5 Å². The highest BCUT2D eigenvalue weighted by Gasteiger charge is 2.20. The van der Waals surface area contributed by atoms with Crippen molar-refractivity contribution in [2.75, 3.05) is 6.54 Å². The third-order valence-electron chi connectivity index (χ3n) is 2.85. The molecule has 0 radical (unpaired) electrons. The third-order valence-corrected chi connectivity index (χ3v) is 2.85. The molecule has 2 heterocycles. The topological polar surface area (TPSA) is 51.0 Å². The third kappa shape index (κ3) is 2.78. The predicted molar refractivity (Wildman–Crippen MR) is 57.5 cm³/mol. The first kappa shape index (κ1) is 10.6. The molecule has 15 heavy (non-hydrogen) atoms. The van der Waals surface area contributed by atoms with E-state index in [0.29, 0.717) is 6.04 Å². The summed E-state index contributed by atoms with van der Waals surface area (Å²) in [5.74, 6) is 1.64. The largest absolute Gasteiger partial charge is 0.338 e. The molecule has 4 heteroatoms. The normalized spacial score (nSPS) is 21.8. The van der Waals surface area contributed by atoms with Crippen LogP contribution < -0.4 is 5.32 Å². The van der Waals surface area contributed by atoms with Crippen molar-refractivity contribution in [3.63, 3.8) is 0 Å². The lowest BCUT2D eigenvalue weighted by Gasteiger charge is -2.19. The molecule has 1 fully saturated rings. The monoisotopic (exact) mass is 209 g/mol. The van der Waals surface area contributed by atoms with Gasteiger partial charge in [-0.1, -0.05) is 24.9 Å². The molecule has 1 aliphatic heterocycles. The molecule has 1 atom stereocenters. The maximum atomic E-state index is 5.28. The molecular weight excluding hydrogens is 190 g/mol. The van der Waals surface area contributed by atoms with Crippen molar-refractivity contribution in [2.45, 2.75) is 51.5 Å². The molecule has 0 aliphatic carbocycles. The van der Waals surface area contributed by atoms with E-state index in [1.54, 1.807) is 0 Å². The molecule has 84 valence electrons. The fourth-order valence-electron chi connectivity index (χ4n) is 1.91. The lowest BCUT2D eigenvalue weighted by atomic mass is 10.1. The number of unbranched alkanes of at least 4 members (excludes halogenated alkanes) is 1. The van der Waals surface area contributed by atoms with Crippen LogP contribution in [0.15, 0.2) is 4.52 Å². The van der Waals surface area contributed by atoms with Gasteiger partial charge in [-0.15, -0.1) is 0 Å². The highest BCUT2D eigenvalue weighted by molar-refractivity contribution is 4.94. The number of hydrogen-bond acceptors (Lipinski definition) is 4. The van der Waals surface area contributed by atoms with E-state index in [4.69, 9.17) is 4.52 Å². The van der Waals surface area contributed by atoms with E-state index in [9.17, 15) is 0 Å². The number of nitrogens with one attached hydrogen (secondary N) is 1. The summed E-state index contributed by atoms with van der Waals surface area (Å²) in [5, 5.41) is 7.41. The standard InChI is InChI=1S/C11H19N3O/c1-2-3-7-10-13-11(15-14-10)9-6-4-5-8-12-9/h9,12H,2-8H2,1H3/t9-/m0/s1. The number of aromatic nitrogens is 2. The van der Waals surface area contributed by atoms with Crippen molar-refractivity contribution in [3.05, 3.63) is 11.7 Å². The Labute approximate surface area is 90.4 Å². The Morgan fingerprint density at radius 1 is 1.47 bits per heavy atom. The number of aryl methyl sites for hydroxylation is 1. The Kier molecular flexibility index (Phi) is 3.72. The number of hydrogen-bond donors (Lipinski definition) is 1. The van der Waals surface area contributed by atoms with E-state index >= 15 is 0 Å². The second-order valence-corrected chi connectivity index (χ2v) is 4.15. The summed E-state index contributed by atoms with van der Waals surface area (Å²) in [4.78, 5) is 4.43. The fraction of sp³-hybridized carbons (Fsp3) is 0.818. The van der Waals surface area contributed by atoms with E-state index < -0.39 is 0 Å². The van der Waals surface area contributed by atoms with Crippen LogP contribution in [-0.2, 0) is 6.42 Å². The smallest absolute Gasteiger partial charge is 0.243 e. The molecule has 0 spiro atoms. The summed E-state index contributed by atoms with van der Waals surface area (Å²) >= 11 is 0. The molecule has 0 aromatic carbocycles. The average molecular weight is 209 g/mol. The molecule has 1 aromatic rings. The Balaban J connectivity index is 1.93. The van der Waals surface area contributed by atoms with Crippen molar-refractivity contribution >= 4 is 0 Å². The van der Waals surface area contributed by atoms with Crippen LogP contribution in [0.5, 0.6) is 0 Å². The van der Waals surface area contributed by atoms with Crippen LogP contribution in [-0.4, -0.2) is 16.7 Å². The molecular formula is C11H19N3O. The van der Waals surface area contributed by atoms with E-state index in [2.05, 4.69) is 22.4 Å². The molecule has 1 aliphatic rings. The number of nitrogens with zero attached hydrogens (tertiary/aromatic N) is 2. The predicted octanol–water partition coefficient (Wildman–Crippen LogP) is 2.23. The van der Waals surface area contributed by atoms with Crippen LogP contribution in [0.1, 0.15) is 56.8 Å². The van der Waals surface area contributed by atoms with Gasteiger partial charge in [0.2, 0.25) is 5.89 Å². The van der Waals surface area contributed by atoms with Crippen LogP contribution >= 0.6 is 0 Å². The summed E-state index contributed by atoms with van der Waals surface area (Å²) in [5.41, 5.74) is 0. The molecule has 1 saturated heterocycles. The Bertz CT molecular complexity index is 292. The molecule has 0 bridgehead atoms. The number of rotatable bonds is 4. The van der Waals surface area contributed by atoms with Crippen molar-refractivity contribution in [2.24, 2.45) is 0 Å². The summed E-state index contributed by atoms with van der Waals surface area (Å²) in [6.07, 6.45) is 6.88. The minimum absolute atomic E-state index is 0.293. The zero-order valence-electron chi connectivity index (χ0n) is 9.33. The maximum absolute atomic E-state index is 5.28. The summed E-state index contributed by atoms with van der Waals surface area (Å²) in [6, 6.07) is 0.293. The van der Waals surface area contributed by atoms with Gasteiger partial charge >= 0.3 is 0 Å². The molecule has 0 amide bonds. The van der Waals surface area contributed by atoms with Crippen LogP contribution in [0, 0.1) is 0 Å². The molecule has 0 unspecified atom stereocenters. The van der Waals surface area contributed by atoms with Gasteiger partial charge < -0.3 is 9.84 Å². The number of piperidine rings is 1. The van der Waals surface area contributed by atoms with Crippen LogP contribution in [0.2, 0.25) is 0 Å². The molecule has 2 rings (SSSR count). The van der Waals surface area contributed by atoms with Gasteiger partial charge in [-0.05, 0) is 25.8 Å². The maximum Gasteiger partial charge on any atom is 0.243 e. The highest BCUT2D eigenvalue weighted by atomic mass is 16.5. The molecule has 1 N–H and O–H groups in total. The van der Waals surface area contributed by atoms with E-state index in [1.807, 2.05) is 0 Å². The molecule has 4 nitrogen and oxygen atoms in total. The second kappa shape index (κ2) is 5.26. The Morgan fingerprint density at radius 3 is 3.13 bits per heavy atom. The SMILES string of the molecule is CCCCc1noc([C@@H]2CCCCN2)n1. The summed E-state index contributed by atoms with van der Waals surface area (Å²) in [7, 11) is 0. The minimum Gasteiger partial charge on any atom is -0.338 e. The van der Waals surface area contributed by atoms with Gasteiger partial charge in [0.15, 0.2) is 5.82 Å². The van der Waals surface area contributed by atoms with Gasteiger partial charge in [0.1, 0.15) is 0 Å². The van der Waals surface area contributed by atoms with Gasteiger partial charge in [0.05, 0.1) is 6.04 Å². The van der Waals surface area contributed by atoms with Crippen molar-refractivity contribution in [3.8, 4) is 0 Å². The highest BCUT2D eigenvalue weighted by Crippen LogP contribution is 2.21. The minimum atomic E-state index is 0.293. The first-order valence-electron chi connectivity index (χ1n) is 5.96. The fourth-order valence-corrected chi connectivity index (χ4v) is 1.91. The quantitative estimate of drug-likeness (QED) is 0.826. The van der Waals surface area contributed by atoms with Gasteiger partial charge in [0.25, 0.3) is 0 Å². The summed E-state index contributed by atoms with van der Waals surface area (Å²) < 4.78 is 5.28. The van der Waals surface area contributed by atoms with Crippen molar-refractivity contribution in [1.29, 1.82) is 0 Å².